The fourth-order valence-corrected chi connectivity index (χ4v) is 4.68. The van der Waals surface area contributed by atoms with Crippen LogP contribution in [0.25, 0.3) is 10.9 Å². The summed E-state index contributed by atoms with van der Waals surface area (Å²) < 4.78 is 15.9. The van der Waals surface area contributed by atoms with Crippen LogP contribution in [0.3, 0.4) is 0 Å². The Morgan fingerprint density at radius 2 is 2.10 bits per heavy atom. The van der Waals surface area contributed by atoms with E-state index in [0.717, 1.165) is 0 Å². The average Bonchev–Trinajstić information content (AvgIpc) is 2.63. The molecule has 0 radical (unpaired) electrons. The van der Waals surface area contributed by atoms with Crippen molar-refractivity contribution in [3.63, 3.8) is 0 Å². The van der Waals surface area contributed by atoms with Crippen LogP contribution in [0.15, 0.2) is 10.5 Å². The van der Waals surface area contributed by atoms with E-state index in [2.05, 4.69) is 26.2 Å². The van der Waals surface area contributed by atoms with Gasteiger partial charge in [-0.15, -0.1) is 0 Å². The highest BCUT2D eigenvalue weighted by atomic mass is 79.9. The van der Waals surface area contributed by atoms with Crippen molar-refractivity contribution < 1.29 is 14.3 Å². The molecule has 1 aromatic carbocycles. The number of hydrogen-bond donors (Lipinski definition) is 2. The molecule has 1 aliphatic heterocycles. The van der Waals surface area contributed by atoms with Gasteiger partial charge in [-0.2, -0.15) is 0 Å². The topological polar surface area (TPSA) is 81.6 Å². The van der Waals surface area contributed by atoms with Gasteiger partial charge in [0.1, 0.15) is 11.4 Å². The summed E-state index contributed by atoms with van der Waals surface area (Å²) in [6.45, 7) is 7.30. The summed E-state index contributed by atoms with van der Waals surface area (Å²) in [4.78, 5) is 24.9. The lowest BCUT2D eigenvalue weighted by Gasteiger charge is -2.53. The second kappa shape index (κ2) is 8.18. The number of carbonyl (C=O) groups is 1. The molecule has 2 aromatic rings. The van der Waals surface area contributed by atoms with E-state index in [0.29, 0.717) is 41.1 Å². The Hall–Kier alpha value is -1.55. The van der Waals surface area contributed by atoms with Crippen molar-refractivity contribution in [3.05, 3.63) is 32.9 Å². The monoisotopic (exact) mass is 501 g/mol. The minimum atomic E-state index is -1.13. The Morgan fingerprint density at radius 1 is 1.43 bits per heavy atom. The van der Waals surface area contributed by atoms with Crippen LogP contribution in [0.4, 0.5) is 9.18 Å². The first-order valence-electron chi connectivity index (χ1n) is 9.60. The SMILES string of the molecule is CN(C)Cc1nc(C2(C(C)(C)C)CNCCN2C(=O)O)c2c(F)c(Cl)c(Br)cc2n1. The van der Waals surface area contributed by atoms with Crippen molar-refractivity contribution in [3.8, 4) is 0 Å². The first-order chi connectivity index (χ1) is 13.9. The van der Waals surface area contributed by atoms with Gasteiger partial charge in [-0.3, -0.25) is 4.90 Å². The highest BCUT2D eigenvalue weighted by Gasteiger charge is 2.54. The smallest absolute Gasteiger partial charge is 0.408 e. The van der Waals surface area contributed by atoms with Crippen LogP contribution in [0.1, 0.15) is 32.3 Å². The average molecular weight is 503 g/mol. The Kier molecular flexibility index (Phi) is 6.30. The number of aromatic nitrogens is 2. The maximum atomic E-state index is 15.5. The molecule has 1 aromatic heterocycles. The number of nitrogens with zero attached hydrogens (tertiary/aromatic N) is 4. The molecule has 0 spiro atoms. The molecule has 10 heteroatoms. The third kappa shape index (κ3) is 3.77. The van der Waals surface area contributed by atoms with Gasteiger partial charge >= 0.3 is 6.09 Å². The molecule has 1 amide bonds. The fraction of sp³-hybridized carbons (Fsp3) is 0.550. The number of nitrogens with one attached hydrogen (secondary N) is 1. The quantitative estimate of drug-likeness (QED) is 0.616. The number of amides is 1. The summed E-state index contributed by atoms with van der Waals surface area (Å²) in [5.41, 5.74) is -1.03. The van der Waals surface area contributed by atoms with Crippen LogP contribution >= 0.6 is 27.5 Å². The Bertz CT molecular complexity index is 998. The van der Waals surface area contributed by atoms with Gasteiger partial charge in [-0.25, -0.2) is 19.2 Å². The number of benzene rings is 1. The van der Waals surface area contributed by atoms with Crippen molar-refractivity contribution >= 4 is 44.5 Å². The van der Waals surface area contributed by atoms with Crippen molar-refractivity contribution in [2.45, 2.75) is 32.9 Å². The summed E-state index contributed by atoms with van der Waals surface area (Å²) in [7, 11) is 3.77. The van der Waals surface area contributed by atoms with Crippen molar-refractivity contribution in [1.29, 1.82) is 0 Å². The molecule has 164 valence electrons. The highest BCUT2D eigenvalue weighted by Crippen LogP contribution is 2.48. The van der Waals surface area contributed by atoms with Gasteiger partial charge in [-0.05, 0) is 41.5 Å². The normalized spacial score (nSPS) is 20.2. The van der Waals surface area contributed by atoms with Crippen LogP contribution < -0.4 is 5.32 Å². The maximum Gasteiger partial charge on any atom is 0.408 e. The lowest BCUT2D eigenvalue weighted by atomic mass is 9.68. The van der Waals surface area contributed by atoms with Gasteiger partial charge in [0.15, 0.2) is 5.82 Å². The summed E-state index contributed by atoms with van der Waals surface area (Å²) in [5.74, 6) is -0.178. The van der Waals surface area contributed by atoms with Gasteiger partial charge < -0.3 is 15.3 Å². The van der Waals surface area contributed by atoms with Crippen LogP contribution in [0, 0.1) is 11.2 Å². The van der Waals surface area contributed by atoms with E-state index in [9.17, 15) is 9.90 Å². The molecular formula is C20H26BrClFN5O2. The molecule has 0 aliphatic carbocycles. The van der Waals surface area contributed by atoms with Crippen molar-refractivity contribution in [1.82, 2.24) is 25.1 Å². The molecule has 1 fully saturated rings. The van der Waals surface area contributed by atoms with E-state index in [1.165, 1.54) is 4.90 Å². The third-order valence-corrected chi connectivity index (χ3v) is 6.77. The molecule has 3 rings (SSSR count). The van der Waals surface area contributed by atoms with E-state index in [1.54, 1.807) is 6.07 Å². The minimum Gasteiger partial charge on any atom is -0.465 e. The molecule has 0 saturated carbocycles. The first kappa shape index (κ1) is 23.1. The zero-order valence-corrected chi connectivity index (χ0v) is 20.0. The van der Waals surface area contributed by atoms with E-state index in [4.69, 9.17) is 16.6 Å². The Morgan fingerprint density at radius 3 is 2.67 bits per heavy atom. The first-order valence-corrected chi connectivity index (χ1v) is 10.8. The molecule has 30 heavy (non-hydrogen) atoms. The van der Waals surface area contributed by atoms with Crippen molar-refractivity contribution in [2.24, 2.45) is 5.41 Å². The lowest BCUT2D eigenvalue weighted by molar-refractivity contribution is -0.0205. The Balaban J connectivity index is 2.48. The number of piperazine rings is 1. The second-order valence-electron chi connectivity index (χ2n) is 8.83. The molecule has 1 aliphatic rings. The maximum absolute atomic E-state index is 15.5. The second-order valence-corrected chi connectivity index (χ2v) is 10.1. The summed E-state index contributed by atoms with van der Waals surface area (Å²) >= 11 is 9.51. The predicted octanol–water partition coefficient (Wildman–Crippen LogP) is 4.07. The van der Waals surface area contributed by atoms with Gasteiger partial charge in [0, 0.05) is 24.1 Å². The van der Waals surface area contributed by atoms with E-state index in [-0.39, 0.29) is 17.0 Å². The van der Waals surface area contributed by atoms with E-state index in [1.807, 2.05) is 39.8 Å². The molecule has 1 saturated heterocycles. The van der Waals surface area contributed by atoms with Gasteiger partial charge in [0.25, 0.3) is 0 Å². The molecule has 1 atom stereocenters. The minimum absolute atomic E-state index is 0.0811. The number of carboxylic acid groups (broad SMARTS) is 1. The Labute approximate surface area is 188 Å². The molecular weight excluding hydrogens is 477 g/mol. The van der Waals surface area contributed by atoms with Crippen LogP contribution in [0.5, 0.6) is 0 Å². The fourth-order valence-electron chi connectivity index (χ4n) is 4.14. The molecule has 2 N–H and O–H groups in total. The van der Waals surface area contributed by atoms with Crippen LogP contribution in [0.2, 0.25) is 5.02 Å². The molecule has 2 heterocycles. The largest absolute Gasteiger partial charge is 0.465 e. The summed E-state index contributed by atoms with van der Waals surface area (Å²) in [5, 5.41) is 13.4. The predicted molar refractivity (Wildman–Crippen MR) is 118 cm³/mol. The summed E-state index contributed by atoms with van der Waals surface area (Å²) in [6.07, 6.45) is -1.07. The molecule has 0 bridgehead atoms. The number of fused-ring (bicyclic) bond motifs is 1. The van der Waals surface area contributed by atoms with Crippen molar-refractivity contribution in [2.75, 3.05) is 33.7 Å². The lowest BCUT2D eigenvalue weighted by Crippen LogP contribution is -2.66. The zero-order valence-electron chi connectivity index (χ0n) is 17.7. The van der Waals surface area contributed by atoms with E-state index < -0.39 is 22.9 Å². The number of rotatable bonds is 3. The highest BCUT2D eigenvalue weighted by molar-refractivity contribution is 9.10. The standard InChI is InChI=1S/C20H26BrClFN5O2/c1-19(2,3)20(10-24-6-7-28(20)18(29)30)17-14-12(8-11(21)15(22)16(14)23)25-13(26-17)9-27(4)5/h8,24H,6-7,9-10H2,1-5H3,(H,29,30). The summed E-state index contributed by atoms with van der Waals surface area (Å²) in [6, 6.07) is 1.66. The van der Waals surface area contributed by atoms with Gasteiger partial charge in [-0.1, -0.05) is 32.4 Å². The molecule has 1 unspecified atom stereocenters. The zero-order chi connectivity index (χ0) is 22.4. The van der Waals surface area contributed by atoms with Crippen LogP contribution in [-0.2, 0) is 12.1 Å². The van der Waals surface area contributed by atoms with Gasteiger partial charge in [0.2, 0.25) is 0 Å². The number of halogens is 3. The van der Waals surface area contributed by atoms with Crippen LogP contribution in [-0.4, -0.2) is 64.7 Å². The third-order valence-electron chi connectivity index (χ3n) is 5.54. The number of hydrogen-bond acceptors (Lipinski definition) is 5. The van der Waals surface area contributed by atoms with E-state index >= 15 is 4.39 Å². The van der Waals surface area contributed by atoms with Gasteiger partial charge in [0.05, 0.1) is 28.2 Å². The molecule has 7 nitrogen and oxygen atoms in total.